The quantitative estimate of drug-likeness (QED) is 0.684. The lowest BCUT2D eigenvalue weighted by Gasteiger charge is -2.32. The van der Waals surface area contributed by atoms with E-state index in [1.54, 1.807) is 0 Å². The smallest absolute Gasteiger partial charge is 0.406 e. The molecule has 0 aliphatic rings. The van der Waals surface area contributed by atoms with Crippen LogP contribution in [0, 0.1) is 0 Å². The maximum atomic E-state index is 10.7. The van der Waals surface area contributed by atoms with Crippen molar-refractivity contribution in [3.05, 3.63) is 0 Å². The van der Waals surface area contributed by atoms with Crippen molar-refractivity contribution in [3.63, 3.8) is 0 Å². The molecule has 1 N–H and O–H groups in total. The molecule has 0 fully saturated rings. The Bertz CT molecular complexity index is 155. The van der Waals surface area contributed by atoms with Gasteiger partial charge in [-0.1, -0.05) is 0 Å². The zero-order chi connectivity index (χ0) is 9.78. The molecule has 12 heavy (non-hydrogen) atoms. The Balaban J connectivity index is 3.83. The minimum atomic E-state index is -0.384. The van der Waals surface area contributed by atoms with Crippen LogP contribution in [0.1, 0.15) is 13.8 Å². The third-order valence-electron chi connectivity index (χ3n) is 2.06. The largest absolute Gasteiger partial charge is 0.453 e. The van der Waals surface area contributed by atoms with Crippen LogP contribution in [0.2, 0.25) is 0 Å². The normalized spacial score (nSPS) is 11.5. The van der Waals surface area contributed by atoms with Crippen molar-refractivity contribution >= 4 is 6.09 Å². The zero-order valence-corrected chi connectivity index (χ0v) is 8.47. The van der Waals surface area contributed by atoms with Gasteiger partial charge in [0.2, 0.25) is 0 Å². The molecule has 0 saturated heterocycles. The highest BCUT2D eigenvalue weighted by atomic mass is 16.5. The minimum absolute atomic E-state index is 0.0474. The van der Waals surface area contributed by atoms with Gasteiger partial charge in [0.25, 0.3) is 0 Å². The number of rotatable bonds is 3. The molecule has 0 aromatic heterocycles. The molecule has 0 unspecified atom stereocenters. The Morgan fingerprint density at radius 1 is 1.50 bits per heavy atom. The van der Waals surface area contributed by atoms with Crippen LogP contribution >= 0.6 is 0 Å². The molecule has 1 amide bonds. The average molecular weight is 174 g/mol. The topological polar surface area (TPSA) is 41.6 Å². The first-order chi connectivity index (χ1) is 5.40. The van der Waals surface area contributed by atoms with Crippen LogP contribution < -0.4 is 5.32 Å². The van der Waals surface area contributed by atoms with E-state index in [1.807, 2.05) is 32.8 Å². The molecule has 0 rings (SSSR count). The van der Waals surface area contributed by atoms with E-state index < -0.39 is 0 Å². The summed E-state index contributed by atoms with van der Waals surface area (Å²) in [6.45, 7) is 4.67. The van der Waals surface area contributed by atoms with Gasteiger partial charge in [-0.05, 0) is 27.9 Å². The van der Waals surface area contributed by atoms with E-state index in [0.717, 1.165) is 0 Å². The second-order valence-electron chi connectivity index (χ2n) is 3.55. The van der Waals surface area contributed by atoms with Crippen LogP contribution in [0.5, 0.6) is 0 Å². The molecule has 4 heteroatoms. The van der Waals surface area contributed by atoms with Gasteiger partial charge in [-0.2, -0.15) is 0 Å². The van der Waals surface area contributed by atoms with Crippen molar-refractivity contribution in [2.45, 2.75) is 19.4 Å². The summed E-state index contributed by atoms with van der Waals surface area (Å²) in [4.78, 5) is 12.8. The summed E-state index contributed by atoms with van der Waals surface area (Å²) in [5.41, 5.74) is -0.0474. The lowest BCUT2D eigenvalue weighted by Crippen LogP contribution is -2.48. The van der Waals surface area contributed by atoms with Gasteiger partial charge in [0.15, 0.2) is 0 Å². The first-order valence-electron chi connectivity index (χ1n) is 3.89. The molecule has 72 valence electrons. The van der Waals surface area contributed by atoms with Crippen LogP contribution in [0.4, 0.5) is 4.79 Å². The van der Waals surface area contributed by atoms with E-state index in [4.69, 9.17) is 0 Å². The average Bonchev–Trinajstić information content (AvgIpc) is 2.00. The monoisotopic (exact) mass is 174 g/mol. The van der Waals surface area contributed by atoms with Crippen LogP contribution in [-0.2, 0) is 4.74 Å². The molecule has 0 atom stereocenters. The van der Waals surface area contributed by atoms with E-state index in [2.05, 4.69) is 10.1 Å². The number of methoxy groups -OCH3 is 1. The third-order valence-corrected chi connectivity index (χ3v) is 2.06. The van der Waals surface area contributed by atoms with Crippen LogP contribution in [0.3, 0.4) is 0 Å². The molecule has 4 nitrogen and oxygen atoms in total. The van der Waals surface area contributed by atoms with Crippen molar-refractivity contribution in [3.8, 4) is 0 Å². The second-order valence-corrected chi connectivity index (χ2v) is 3.55. The van der Waals surface area contributed by atoms with Crippen LogP contribution in [0.15, 0.2) is 0 Å². The Morgan fingerprint density at radius 3 is 2.33 bits per heavy atom. The maximum absolute atomic E-state index is 10.7. The number of carbonyl (C=O) groups is 1. The highest BCUT2D eigenvalue weighted by Gasteiger charge is 2.20. The second kappa shape index (κ2) is 4.30. The molecule has 0 aliphatic heterocycles. The number of amides is 1. The fraction of sp³-hybridized carbons (Fsp3) is 0.875. The van der Waals surface area contributed by atoms with Gasteiger partial charge in [0.05, 0.1) is 7.11 Å². The van der Waals surface area contributed by atoms with Gasteiger partial charge in [0.1, 0.15) is 0 Å². The van der Waals surface area contributed by atoms with E-state index in [-0.39, 0.29) is 11.6 Å². The lowest BCUT2D eigenvalue weighted by atomic mass is 10.1. The van der Waals surface area contributed by atoms with E-state index in [9.17, 15) is 4.79 Å². The fourth-order valence-electron chi connectivity index (χ4n) is 0.519. The standard InChI is InChI=1S/C8H18N2O2/c1-8(2,10(3)4)6-9-7(11)12-5/h6H2,1-5H3,(H,9,11). The summed E-state index contributed by atoms with van der Waals surface area (Å²) in [5.74, 6) is 0. The van der Waals surface area contributed by atoms with Gasteiger partial charge in [0, 0.05) is 12.1 Å². The van der Waals surface area contributed by atoms with Gasteiger partial charge >= 0.3 is 6.09 Å². The van der Waals surface area contributed by atoms with Gasteiger partial charge < -0.3 is 15.0 Å². The number of nitrogens with zero attached hydrogens (tertiary/aromatic N) is 1. The molecule has 0 bridgehead atoms. The summed E-state index contributed by atoms with van der Waals surface area (Å²) in [7, 11) is 5.30. The Hall–Kier alpha value is -0.770. The molecule has 0 aliphatic carbocycles. The highest BCUT2D eigenvalue weighted by Crippen LogP contribution is 2.07. The lowest BCUT2D eigenvalue weighted by molar-refractivity contribution is 0.152. The van der Waals surface area contributed by atoms with E-state index in [1.165, 1.54) is 7.11 Å². The zero-order valence-electron chi connectivity index (χ0n) is 8.47. The van der Waals surface area contributed by atoms with Crippen molar-refractivity contribution in [1.82, 2.24) is 10.2 Å². The molecule has 0 heterocycles. The van der Waals surface area contributed by atoms with Gasteiger partial charge in [-0.25, -0.2) is 4.79 Å². The maximum Gasteiger partial charge on any atom is 0.406 e. The summed E-state index contributed by atoms with van der Waals surface area (Å²) in [6.07, 6.45) is -0.384. The van der Waals surface area contributed by atoms with Crippen LogP contribution in [0.25, 0.3) is 0 Å². The minimum Gasteiger partial charge on any atom is -0.453 e. The molecular weight excluding hydrogens is 156 g/mol. The number of hydrogen-bond acceptors (Lipinski definition) is 3. The third kappa shape index (κ3) is 3.57. The predicted molar refractivity (Wildman–Crippen MR) is 48.2 cm³/mol. The van der Waals surface area contributed by atoms with E-state index >= 15 is 0 Å². The molecular formula is C8H18N2O2. The van der Waals surface area contributed by atoms with Crippen LogP contribution in [-0.4, -0.2) is 44.3 Å². The number of carbonyl (C=O) groups excluding carboxylic acids is 1. The first kappa shape index (κ1) is 11.2. The summed E-state index contributed by atoms with van der Waals surface area (Å²) in [5, 5.41) is 2.65. The fourth-order valence-corrected chi connectivity index (χ4v) is 0.519. The summed E-state index contributed by atoms with van der Waals surface area (Å²) >= 11 is 0. The number of alkyl carbamates (subject to hydrolysis) is 1. The van der Waals surface area contributed by atoms with Crippen molar-refractivity contribution < 1.29 is 9.53 Å². The van der Waals surface area contributed by atoms with Crippen molar-refractivity contribution in [2.75, 3.05) is 27.7 Å². The number of hydrogen-bond donors (Lipinski definition) is 1. The summed E-state index contributed by atoms with van der Waals surface area (Å²) < 4.78 is 4.46. The Kier molecular flexibility index (Phi) is 4.03. The molecule has 0 spiro atoms. The predicted octanol–water partition coefficient (Wildman–Crippen LogP) is 0.683. The first-order valence-corrected chi connectivity index (χ1v) is 3.89. The summed E-state index contributed by atoms with van der Waals surface area (Å²) in [6, 6.07) is 0. The SMILES string of the molecule is COC(=O)NCC(C)(C)N(C)C. The van der Waals surface area contributed by atoms with E-state index in [0.29, 0.717) is 6.54 Å². The number of ether oxygens (including phenoxy) is 1. The van der Waals surface area contributed by atoms with Gasteiger partial charge in [-0.3, -0.25) is 0 Å². The van der Waals surface area contributed by atoms with Crippen molar-refractivity contribution in [1.29, 1.82) is 0 Å². The number of likely N-dealkylation sites (N-methyl/N-ethyl adjacent to an activating group) is 1. The molecule has 0 saturated carbocycles. The number of nitrogens with one attached hydrogen (secondary N) is 1. The highest BCUT2D eigenvalue weighted by molar-refractivity contribution is 5.66. The molecule has 0 radical (unpaired) electrons. The van der Waals surface area contributed by atoms with Crippen molar-refractivity contribution in [2.24, 2.45) is 0 Å². The molecule has 0 aromatic rings. The Morgan fingerprint density at radius 2 is 2.00 bits per heavy atom. The van der Waals surface area contributed by atoms with Gasteiger partial charge in [-0.15, -0.1) is 0 Å². The Labute approximate surface area is 73.9 Å². The molecule has 0 aromatic carbocycles.